The Labute approximate surface area is 101 Å². The standard InChI is InChI=1S/C12H19N3S/c1-2-4-10(3-1)14-12-13-6-7-15(12)11-5-8-16-9-11/h6-7,10-11H,1-5,8-9H2,(H,13,14). The molecule has 2 fully saturated rings. The fourth-order valence-electron chi connectivity index (χ4n) is 2.71. The normalized spacial score (nSPS) is 26.4. The SMILES string of the molecule is c1cn(C2CCSC2)c(NC2CCCC2)n1. The van der Waals surface area contributed by atoms with E-state index in [0.29, 0.717) is 12.1 Å². The molecule has 16 heavy (non-hydrogen) atoms. The molecule has 0 amide bonds. The van der Waals surface area contributed by atoms with Crippen LogP contribution in [0.2, 0.25) is 0 Å². The lowest BCUT2D eigenvalue weighted by Gasteiger charge is -2.18. The number of hydrogen-bond donors (Lipinski definition) is 1. The lowest BCUT2D eigenvalue weighted by molar-refractivity contribution is 0.559. The van der Waals surface area contributed by atoms with Crippen LogP contribution in [0.1, 0.15) is 38.1 Å². The van der Waals surface area contributed by atoms with E-state index in [4.69, 9.17) is 0 Å². The van der Waals surface area contributed by atoms with E-state index in [1.807, 2.05) is 6.20 Å². The summed E-state index contributed by atoms with van der Waals surface area (Å²) in [6, 6.07) is 1.33. The molecule has 88 valence electrons. The summed E-state index contributed by atoms with van der Waals surface area (Å²) in [5, 5.41) is 3.61. The van der Waals surface area contributed by atoms with Crippen LogP contribution in [0.4, 0.5) is 5.95 Å². The molecule has 1 unspecified atom stereocenters. The van der Waals surface area contributed by atoms with Crippen LogP contribution in [-0.4, -0.2) is 27.1 Å². The van der Waals surface area contributed by atoms with Crippen molar-refractivity contribution in [3.05, 3.63) is 12.4 Å². The molecule has 0 bridgehead atoms. The van der Waals surface area contributed by atoms with Crippen LogP contribution in [0.25, 0.3) is 0 Å². The highest BCUT2D eigenvalue weighted by atomic mass is 32.2. The summed E-state index contributed by atoms with van der Waals surface area (Å²) < 4.78 is 2.35. The van der Waals surface area contributed by atoms with E-state index in [2.05, 4.69) is 32.8 Å². The molecular formula is C12H19N3S. The number of aromatic nitrogens is 2. The van der Waals surface area contributed by atoms with Crippen molar-refractivity contribution in [2.24, 2.45) is 0 Å². The van der Waals surface area contributed by atoms with Crippen LogP contribution in [-0.2, 0) is 0 Å². The largest absolute Gasteiger partial charge is 0.353 e. The lowest BCUT2D eigenvalue weighted by Crippen LogP contribution is -2.20. The lowest BCUT2D eigenvalue weighted by atomic mass is 10.2. The van der Waals surface area contributed by atoms with Gasteiger partial charge in [0.15, 0.2) is 0 Å². The minimum Gasteiger partial charge on any atom is -0.353 e. The van der Waals surface area contributed by atoms with Gasteiger partial charge in [0.2, 0.25) is 5.95 Å². The van der Waals surface area contributed by atoms with Gasteiger partial charge < -0.3 is 9.88 Å². The first-order chi connectivity index (χ1) is 7.93. The van der Waals surface area contributed by atoms with Crippen LogP contribution < -0.4 is 5.32 Å². The minimum absolute atomic E-state index is 0.662. The summed E-state index contributed by atoms with van der Waals surface area (Å²) in [6.07, 6.45) is 10.7. The van der Waals surface area contributed by atoms with Gasteiger partial charge in [-0.3, -0.25) is 0 Å². The van der Waals surface area contributed by atoms with Gasteiger partial charge in [-0.25, -0.2) is 4.98 Å². The van der Waals surface area contributed by atoms with E-state index >= 15 is 0 Å². The second-order valence-corrected chi connectivity index (χ2v) is 5.95. The molecule has 1 aromatic heterocycles. The van der Waals surface area contributed by atoms with Crippen LogP contribution in [0.5, 0.6) is 0 Å². The fraction of sp³-hybridized carbons (Fsp3) is 0.750. The molecule has 3 nitrogen and oxygen atoms in total. The van der Waals surface area contributed by atoms with Gasteiger partial charge in [-0.15, -0.1) is 0 Å². The second kappa shape index (κ2) is 4.70. The molecule has 1 saturated heterocycles. The Kier molecular flexibility index (Phi) is 3.09. The first-order valence-corrected chi connectivity index (χ1v) is 7.46. The quantitative estimate of drug-likeness (QED) is 0.876. The fourth-order valence-corrected chi connectivity index (χ4v) is 3.92. The van der Waals surface area contributed by atoms with E-state index in [9.17, 15) is 0 Å². The van der Waals surface area contributed by atoms with Gasteiger partial charge in [-0.2, -0.15) is 11.8 Å². The zero-order valence-corrected chi connectivity index (χ0v) is 10.4. The molecule has 0 spiro atoms. The minimum atomic E-state index is 0.662. The molecule has 4 heteroatoms. The molecule has 0 aromatic carbocycles. The Hall–Kier alpha value is -0.640. The molecule has 1 aromatic rings. The predicted molar refractivity (Wildman–Crippen MR) is 69.1 cm³/mol. The number of thioether (sulfide) groups is 1. The summed E-state index contributed by atoms with van der Waals surface area (Å²) in [6.45, 7) is 0. The Morgan fingerprint density at radius 1 is 1.31 bits per heavy atom. The highest BCUT2D eigenvalue weighted by Gasteiger charge is 2.22. The van der Waals surface area contributed by atoms with Crippen LogP contribution in [0.15, 0.2) is 12.4 Å². The molecule has 1 aliphatic heterocycles. The first kappa shape index (κ1) is 10.5. The van der Waals surface area contributed by atoms with Crippen LogP contribution in [0, 0.1) is 0 Å². The van der Waals surface area contributed by atoms with Gasteiger partial charge in [-0.1, -0.05) is 12.8 Å². The van der Waals surface area contributed by atoms with Crippen LogP contribution >= 0.6 is 11.8 Å². The molecule has 1 atom stereocenters. The van der Waals surface area contributed by atoms with Crippen LogP contribution in [0.3, 0.4) is 0 Å². The zero-order valence-electron chi connectivity index (χ0n) is 9.56. The molecule has 3 rings (SSSR count). The Morgan fingerprint density at radius 3 is 2.94 bits per heavy atom. The Bertz CT molecular complexity index is 338. The molecule has 2 heterocycles. The van der Waals surface area contributed by atoms with Crippen molar-refractivity contribution in [3.63, 3.8) is 0 Å². The number of imidazole rings is 1. The average Bonchev–Trinajstić information content (AvgIpc) is 2.98. The Balaban J connectivity index is 1.71. The van der Waals surface area contributed by atoms with Crippen molar-refractivity contribution >= 4 is 17.7 Å². The molecule has 1 aliphatic carbocycles. The smallest absolute Gasteiger partial charge is 0.203 e. The van der Waals surface area contributed by atoms with Gasteiger partial charge >= 0.3 is 0 Å². The highest BCUT2D eigenvalue weighted by molar-refractivity contribution is 7.99. The third-order valence-electron chi connectivity index (χ3n) is 3.66. The number of anilines is 1. The van der Waals surface area contributed by atoms with E-state index in [1.165, 1.54) is 43.6 Å². The maximum Gasteiger partial charge on any atom is 0.203 e. The number of nitrogens with zero attached hydrogens (tertiary/aromatic N) is 2. The van der Waals surface area contributed by atoms with E-state index in [-0.39, 0.29) is 0 Å². The molecule has 2 aliphatic rings. The van der Waals surface area contributed by atoms with Gasteiger partial charge in [0.25, 0.3) is 0 Å². The van der Waals surface area contributed by atoms with Crippen molar-refractivity contribution in [3.8, 4) is 0 Å². The van der Waals surface area contributed by atoms with Crippen molar-refractivity contribution in [2.45, 2.75) is 44.2 Å². The monoisotopic (exact) mass is 237 g/mol. The average molecular weight is 237 g/mol. The second-order valence-electron chi connectivity index (χ2n) is 4.80. The Morgan fingerprint density at radius 2 is 2.19 bits per heavy atom. The molecule has 1 N–H and O–H groups in total. The van der Waals surface area contributed by atoms with E-state index < -0.39 is 0 Å². The van der Waals surface area contributed by atoms with Gasteiger partial charge in [0.05, 0.1) is 0 Å². The summed E-state index contributed by atoms with van der Waals surface area (Å²) >= 11 is 2.06. The van der Waals surface area contributed by atoms with Crippen molar-refractivity contribution < 1.29 is 0 Å². The maximum absolute atomic E-state index is 4.47. The summed E-state index contributed by atoms with van der Waals surface area (Å²) in [5.74, 6) is 3.64. The topological polar surface area (TPSA) is 29.9 Å². The summed E-state index contributed by atoms with van der Waals surface area (Å²) in [7, 11) is 0. The third kappa shape index (κ3) is 2.08. The van der Waals surface area contributed by atoms with Crippen molar-refractivity contribution in [1.82, 2.24) is 9.55 Å². The molecule has 0 radical (unpaired) electrons. The zero-order chi connectivity index (χ0) is 10.8. The summed E-state index contributed by atoms with van der Waals surface area (Å²) in [5.41, 5.74) is 0. The molecule has 1 saturated carbocycles. The number of nitrogens with one attached hydrogen (secondary N) is 1. The van der Waals surface area contributed by atoms with Crippen molar-refractivity contribution in [2.75, 3.05) is 16.8 Å². The van der Waals surface area contributed by atoms with Gasteiger partial charge in [0.1, 0.15) is 0 Å². The summed E-state index contributed by atoms with van der Waals surface area (Å²) in [4.78, 5) is 4.47. The first-order valence-electron chi connectivity index (χ1n) is 6.30. The molecular weight excluding hydrogens is 218 g/mol. The van der Waals surface area contributed by atoms with Gasteiger partial charge in [-0.05, 0) is 25.0 Å². The number of rotatable bonds is 3. The highest BCUT2D eigenvalue weighted by Crippen LogP contribution is 2.31. The van der Waals surface area contributed by atoms with Gasteiger partial charge in [0, 0.05) is 30.2 Å². The third-order valence-corrected chi connectivity index (χ3v) is 4.80. The number of hydrogen-bond acceptors (Lipinski definition) is 3. The van der Waals surface area contributed by atoms with Crippen molar-refractivity contribution in [1.29, 1.82) is 0 Å². The van der Waals surface area contributed by atoms with E-state index in [0.717, 1.165) is 5.95 Å². The van der Waals surface area contributed by atoms with E-state index in [1.54, 1.807) is 0 Å². The predicted octanol–water partition coefficient (Wildman–Crippen LogP) is 2.92. The maximum atomic E-state index is 4.47.